The van der Waals surface area contributed by atoms with Gasteiger partial charge in [0.15, 0.2) is 5.78 Å². The first-order chi connectivity index (χ1) is 10.5. The van der Waals surface area contributed by atoms with Crippen molar-refractivity contribution in [2.75, 3.05) is 6.54 Å². The maximum absolute atomic E-state index is 11.6. The van der Waals surface area contributed by atoms with Crippen LogP contribution in [0.3, 0.4) is 0 Å². The van der Waals surface area contributed by atoms with Gasteiger partial charge in [0.1, 0.15) is 5.75 Å². The monoisotopic (exact) mass is 306 g/mol. The lowest BCUT2D eigenvalue weighted by Gasteiger charge is -2.05. The van der Waals surface area contributed by atoms with Crippen molar-refractivity contribution < 1.29 is 19.5 Å². The summed E-state index contributed by atoms with van der Waals surface area (Å²) in [5.74, 6) is -0.411. The molecule has 0 aromatic heterocycles. The van der Waals surface area contributed by atoms with Gasteiger partial charge in [0.2, 0.25) is 11.8 Å². The summed E-state index contributed by atoms with van der Waals surface area (Å²) < 4.78 is 0. The van der Waals surface area contributed by atoms with Crippen molar-refractivity contribution in [1.82, 2.24) is 5.32 Å². The second-order valence-electron chi connectivity index (χ2n) is 5.16. The molecule has 1 aromatic rings. The van der Waals surface area contributed by atoms with Gasteiger partial charge >= 0.3 is 0 Å². The number of unbranched alkanes of at least 4 members (excludes halogenated alkanes) is 1. The first-order valence-electron chi connectivity index (χ1n) is 7.32. The van der Waals surface area contributed by atoms with Gasteiger partial charge in [0.05, 0.1) is 6.54 Å². The van der Waals surface area contributed by atoms with E-state index < -0.39 is 0 Å². The lowest BCUT2D eigenvalue weighted by molar-refractivity contribution is -0.125. The molecule has 0 aliphatic carbocycles. The number of hydrogen-bond donors (Lipinski definition) is 3. The molecular formula is C16H22N2O4. The van der Waals surface area contributed by atoms with Crippen LogP contribution in [0, 0.1) is 0 Å². The summed E-state index contributed by atoms with van der Waals surface area (Å²) in [6, 6.07) is 6.66. The van der Waals surface area contributed by atoms with E-state index in [1.807, 2.05) is 0 Å². The second-order valence-corrected chi connectivity index (χ2v) is 5.16. The summed E-state index contributed by atoms with van der Waals surface area (Å²) >= 11 is 0. The number of rotatable bonds is 10. The van der Waals surface area contributed by atoms with Crippen molar-refractivity contribution in [2.45, 2.75) is 38.5 Å². The Labute approximate surface area is 129 Å². The highest BCUT2D eigenvalue weighted by Gasteiger charge is 2.06. The van der Waals surface area contributed by atoms with Crippen molar-refractivity contribution in [3.8, 4) is 5.75 Å². The van der Waals surface area contributed by atoms with Crippen molar-refractivity contribution >= 4 is 17.6 Å². The van der Waals surface area contributed by atoms with Crippen LogP contribution in [0.5, 0.6) is 5.75 Å². The average Bonchev–Trinajstić information content (AvgIpc) is 2.48. The van der Waals surface area contributed by atoms with Crippen LogP contribution in [-0.2, 0) is 20.8 Å². The van der Waals surface area contributed by atoms with Gasteiger partial charge < -0.3 is 16.2 Å². The molecule has 0 atom stereocenters. The van der Waals surface area contributed by atoms with Gasteiger partial charge in [-0.1, -0.05) is 12.1 Å². The van der Waals surface area contributed by atoms with Gasteiger partial charge in [0.25, 0.3) is 0 Å². The molecule has 0 heterocycles. The van der Waals surface area contributed by atoms with Crippen molar-refractivity contribution in [2.24, 2.45) is 5.73 Å². The Morgan fingerprint density at radius 2 is 1.64 bits per heavy atom. The number of aromatic hydroxyl groups is 1. The van der Waals surface area contributed by atoms with Crippen LogP contribution in [0.15, 0.2) is 24.3 Å². The van der Waals surface area contributed by atoms with Gasteiger partial charge in [-0.2, -0.15) is 0 Å². The van der Waals surface area contributed by atoms with Gasteiger partial charge in [0, 0.05) is 19.3 Å². The molecule has 0 saturated carbocycles. The lowest BCUT2D eigenvalue weighted by Crippen LogP contribution is -2.29. The molecule has 1 rings (SSSR count). The van der Waals surface area contributed by atoms with Gasteiger partial charge in [-0.15, -0.1) is 0 Å². The molecule has 0 fully saturated rings. The van der Waals surface area contributed by atoms with E-state index >= 15 is 0 Å². The summed E-state index contributed by atoms with van der Waals surface area (Å²) in [6.45, 7) is 0.0188. The van der Waals surface area contributed by atoms with Gasteiger partial charge in [-0.05, 0) is 37.0 Å². The Hall–Kier alpha value is -2.37. The molecule has 0 aliphatic rings. The number of amides is 2. The Kier molecular flexibility index (Phi) is 7.67. The zero-order chi connectivity index (χ0) is 16.4. The predicted octanol–water partition coefficient (Wildman–Crippen LogP) is 1.06. The highest BCUT2D eigenvalue weighted by Crippen LogP contribution is 2.10. The minimum Gasteiger partial charge on any atom is -0.508 e. The number of Topliss-reactive ketones (excluding diaryl/α,β-unsaturated/α-hetero) is 1. The van der Waals surface area contributed by atoms with E-state index in [0.717, 1.165) is 5.56 Å². The maximum atomic E-state index is 11.6. The molecule has 2 amide bonds. The highest BCUT2D eigenvalue weighted by molar-refractivity contribution is 5.86. The van der Waals surface area contributed by atoms with Crippen LogP contribution in [0.2, 0.25) is 0 Å². The van der Waals surface area contributed by atoms with E-state index in [-0.39, 0.29) is 36.3 Å². The van der Waals surface area contributed by atoms with Crippen LogP contribution in [0.25, 0.3) is 0 Å². The second kappa shape index (κ2) is 9.55. The zero-order valence-electron chi connectivity index (χ0n) is 12.5. The number of benzene rings is 1. The normalized spacial score (nSPS) is 10.2. The molecule has 1 aromatic carbocycles. The van der Waals surface area contributed by atoms with Crippen molar-refractivity contribution in [3.63, 3.8) is 0 Å². The molecule has 0 bridgehead atoms. The molecule has 0 saturated heterocycles. The van der Waals surface area contributed by atoms with Crippen LogP contribution < -0.4 is 11.1 Å². The third kappa shape index (κ3) is 8.04. The van der Waals surface area contributed by atoms with E-state index in [1.54, 1.807) is 24.3 Å². The number of primary amides is 1. The standard InChI is InChI=1S/C16H22N2O4/c17-15(21)4-2-1-3-14(20)11-18-16(22)10-7-12-5-8-13(19)9-6-12/h5-6,8-9,19H,1-4,7,10-11H2,(H2,17,21)(H,18,22). The molecule has 4 N–H and O–H groups in total. The van der Waals surface area contributed by atoms with Crippen molar-refractivity contribution in [3.05, 3.63) is 29.8 Å². The van der Waals surface area contributed by atoms with Gasteiger partial charge in [-0.25, -0.2) is 0 Å². The SMILES string of the molecule is NC(=O)CCCCC(=O)CNC(=O)CCc1ccc(O)cc1. The first-order valence-corrected chi connectivity index (χ1v) is 7.32. The van der Waals surface area contributed by atoms with Crippen LogP contribution in [0.4, 0.5) is 0 Å². The fourth-order valence-electron chi connectivity index (χ4n) is 1.92. The number of nitrogens with two attached hydrogens (primary N) is 1. The fraction of sp³-hybridized carbons (Fsp3) is 0.438. The lowest BCUT2D eigenvalue weighted by atomic mass is 10.1. The summed E-state index contributed by atoms with van der Waals surface area (Å²) in [7, 11) is 0. The van der Waals surface area contributed by atoms with Gasteiger partial charge in [-0.3, -0.25) is 14.4 Å². The molecule has 0 unspecified atom stereocenters. The minimum atomic E-state index is -0.366. The Bertz CT molecular complexity index is 511. The van der Waals surface area contributed by atoms with E-state index in [1.165, 1.54) is 0 Å². The summed E-state index contributed by atoms with van der Waals surface area (Å²) in [6.07, 6.45) is 2.66. The molecule has 6 nitrogen and oxygen atoms in total. The zero-order valence-corrected chi connectivity index (χ0v) is 12.5. The van der Waals surface area contributed by atoms with E-state index in [9.17, 15) is 14.4 Å². The van der Waals surface area contributed by atoms with Crippen molar-refractivity contribution in [1.29, 1.82) is 0 Å². The molecule has 6 heteroatoms. The maximum Gasteiger partial charge on any atom is 0.220 e. The van der Waals surface area contributed by atoms with Crippen LogP contribution in [0.1, 0.15) is 37.7 Å². The number of carbonyl (C=O) groups is 3. The van der Waals surface area contributed by atoms with Crippen LogP contribution in [-0.4, -0.2) is 29.2 Å². The number of phenols is 1. The number of nitrogens with one attached hydrogen (secondary N) is 1. The molecular weight excluding hydrogens is 284 g/mol. The summed E-state index contributed by atoms with van der Waals surface area (Å²) in [5, 5.41) is 11.7. The molecule has 0 radical (unpaired) electrons. The molecule has 0 spiro atoms. The van der Waals surface area contributed by atoms with E-state index in [2.05, 4.69) is 5.32 Å². The molecule has 22 heavy (non-hydrogen) atoms. The third-order valence-electron chi connectivity index (χ3n) is 3.19. The number of carbonyl (C=O) groups excluding carboxylic acids is 3. The van der Waals surface area contributed by atoms with E-state index in [0.29, 0.717) is 32.1 Å². The largest absolute Gasteiger partial charge is 0.508 e. The Morgan fingerprint density at radius 3 is 2.27 bits per heavy atom. The smallest absolute Gasteiger partial charge is 0.220 e. The molecule has 0 aliphatic heterocycles. The Balaban J connectivity index is 2.13. The summed E-state index contributed by atoms with van der Waals surface area (Å²) in [4.78, 5) is 33.7. The fourth-order valence-corrected chi connectivity index (χ4v) is 1.92. The summed E-state index contributed by atoms with van der Waals surface area (Å²) in [5.41, 5.74) is 5.95. The highest BCUT2D eigenvalue weighted by atomic mass is 16.3. The molecule has 120 valence electrons. The first kappa shape index (κ1) is 17.7. The van der Waals surface area contributed by atoms with Crippen LogP contribution >= 0.6 is 0 Å². The minimum absolute atomic E-state index is 0.0188. The topological polar surface area (TPSA) is 109 Å². The average molecular weight is 306 g/mol. The quantitative estimate of drug-likeness (QED) is 0.561. The number of aryl methyl sites for hydroxylation is 1. The third-order valence-corrected chi connectivity index (χ3v) is 3.19. The Morgan fingerprint density at radius 1 is 1.00 bits per heavy atom. The number of ketones is 1. The van der Waals surface area contributed by atoms with E-state index in [4.69, 9.17) is 10.8 Å². The number of hydrogen-bond acceptors (Lipinski definition) is 4. The number of phenolic OH excluding ortho intramolecular Hbond substituents is 1. The predicted molar refractivity (Wildman–Crippen MR) is 82.1 cm³/mol.